The average Bonchev–Trinajstić information content (AvgIpc) is 3.19. The number of hydrogen-bond donors (Lipinski definition) is 2. The van der Waals surface area contributed by atoms with E-state index in [0.29, 0.717) is 17.8 Å². The van der Waals surface area contributed by atoms with E-state index >= 15 is 0 Å². The zero-order chi connectivity index (χ0) is 19.4. The van der Waals surface area contributed by atoms with Crippen molar-refractivity contribution in [3.05, 3.63) is 46.8 Å². The first-order chi connectivity index (χ1) is 12.7. The second kappa shape index (κ2) is 6.09. The molecule has 27 heavy (non-hydrogen) atoms. The molecule has 1 aromatic carbocycles. The van der Waals surface area contributed by atoms with Crippen LogP contribution < -0.4 is 10.6 Å². The van der Waals surface area contributed by atoms with Crippen LogP contribution in [-0.4, -0.2) is 15.7 Å². The Morgan fingerprint density at radius 3 is 2.63 bits per heavy atom. The Bertz CT molecular complexity index is 875. The molecule has 1 fully saturated rings. The van der Waals surface area contributed by atoms with Crippen molar-refractivity contribution >= 4 is 11.6 Å². The number of rotatable bonds is 4. The Morgan fingerprint density at radius 1 is 1.26 bits per heavy atom. The molecule has 1 amide bonds. The summed E-state index contributed by atoms with van der Waals surface area (Å²) in [6.07, 6.45) is -0.864. The third kappa shape index (κ3) is 3.34. The Kier molecular flexibility index (Phi) is 4.06. The van der Waals surface area contributed by atoms with Gasteiger partial charge in [-0.25, -0.2) is 0 Å². The van der Waals surface area contributed by atoms with E-state index in [1.807, 2.05) is 6.20 Å². The molecule has 2 aromatic rings. The molecule has 1 aliphatic heterocycles. The molecule has 0 atom stereocenters. The van der Waals surface area contributed by atoms with Crippen LogP contribution in [0.4, 0.5) is 18.9 Å². The van der Waals surface area contributed by atoms with Crippen molar-refractivity contribution in [2.24, 2.45) is 0 Å². The van der Waals surface area contributed by atoms with Gasteiger partial charge in [-0.3, -0.25) is 9.48 Å². The van der Waals surface area contributed by atoms with Crippen LogP contribution in [0.2, 0.25) is 0 Å². The minimum Gasteiger partial charge on any atom is -0.324 e. The number of nitrogens with zero attached hydrogens (tertiary/aromatic N) is 2. The molecular weight excluding hydrogens is 357 g/mol. The number of carbonyl (C=O) groups is 1. The predicted molar refractivity (Wildman–Crippen MR) is 94.1 cm³/mol. The Balaban J connectivity index is 1.60. The van der Waals surface area contributed by atoms with Crippen LogP contribution in [0.25, 0.3) is 0 Å². The second-order valence-electron chi connectivity index (χ2n) is 7.74. The fraction of sp³-hybridized carbons (Fsp3) is 0.474. The smallest absolute Gasteiger partial charge is 0.324 e. The number of amides is 1. The molecule has 8 heteroatoms. The van der Waals surface area contributed by atoms with E-state index in [1.54, 1.807) is 18.5 Å². The number of anilines is 1. The Labute approximate surface area is 154 Å². The van der Waals surface area contributed by atoms with Gasteiger partial charge in [-0.05, 0) is 56.4 Å². The van der Waals surface area contributed by atoms with E-state index in [1.165, 1.54) is 6.07 Å². The van der Waals surface area contributed by atoms with Gasteiger partial charge in [0.25, 0.3) is 5.91 Å². The van der Waals surface area contributed by atoms with Crippen LogP contribution >= 0.6 is 0 Å². The summed E-state index contributed by atoms with van der Waals surface area (Å²) >= 11 is 0. The van der Waals surface area contributed by atoms with Crippen molar-refractivity contribution in [1.82, 2.24) is 15.1 Å². The van der Waals surface area contributed by atoms with E-state index in [2.05, 4.69) is 15.7 Å². The number of aromatic nitrogens is 2. The van der Waals surface area contributed by atoms with Gasteiger partial charge in [0.1, 0.15) is 5.54 Å². The molecule has 0 saturated heterocycles. The normalized spacial score (nSPS) is 17.1. The second-order valence-corrected chi connectivity index (χ2v) is 7.74. The summed E-state index contributed by atoms with van der Waals surface area (Å²) in [5, 5.41) is 10.5. The Morgan fingerprint density at radius 2 is 2.00 bits per heavy atom. The van der Waals surface area contributed by atoms with E-state index in [0.717, 1.165) is 42.8 Å². The van der Waals surface area contributed by atoms with E-state index < -0.39 is 17.3 Å². The minimum absolute atomic E-state index is 0.0743. The van der Waals surface area contributed by atoms with Crippen molar-refractivity contribution in [3.63, 3.8) is 0 Å². The summed E-state index contributed by atoms with van der Waals surface area (Å²) < 4.78 is 40.7. The number of benzene rings is 1. The highest BCUT2D eigenvalue weighted by Gasteiger charge is 2.36. The highest BCUT2D eigenvalue weighted by Crippen LogP contribution is 2.45. The molecule has 2 heterocycles. The maximum atomic E-state index is 13.0. The molecule has 0 spiro atoms. The highest BCUT2D eigenvalue weighted by molar-refractivity contribution is 5.96. The van der Waals surface area contributed by atoms with Gasteiger partial charge in [0.2, 0.25) is 0 Å². The van der Waals surface area contributed by atoms with Crippen LogP contribution in [-0.2, 0) is 29.6 Å². The van der Waals surface area contributed by atoms with Crippen LogP contribution in [0.1, 0.15) is 55.0 Å². The van der Waals surface area contributed by atoms with Gasteiger partial charge in [-0.15, -0.1) is 0 Å². The quantitative estimate of drug-likeness (QED) is 0.852. The lowest BCUT2D eigenvalue weighted by Crippen LogP contribution is -2.41. The number of carbonyl (C=O) groups excluding carboxylic acids is 1. The number of nitrogens with one attached hydrogen (secondary N) is 2. The molecule has 144 valence electrons. The highest BCUT2D eigenvalue weighted by atomic mass is 19.4. The molecule has 1 saturated carbocycles. The summed E-state index contributed by atoms with van der Waals surface area (Å²) in [4.78, 5) is 12.9. The molecule has 0 radical (unpaired) electrons. The molecule has 2 aliphatic rings. The lowest BCUT2D eigenvalue weighted by atomic mass is 10.0. The van der Waals surface area contributed by atoms with Gasteiger partial charge in [-0.2, -0.15) is 18.3 Å². The van der Waals surface area contributed by atoms with Crippen molar-refractivity contribution in [1.29, 1.82) is 0 Å². The fourth-order valence-electron chi connectivity index (χ4n) is 3.31. The first-order valence-corrected chi connectivity index (χ1v) is 8.97. The van der Waals surface area contributed by atoms with Gasteiger partial charge in [-0.1, -0.05) is 0 Å². The maximum absolute atomic E-state index is 13.0. The first kappa shape index (κ1) is 18.0. The van der Waals surface area contributed by atoms with Crippen LogP contribution in [0.5, 0.6) is 0 Å². The van der Waals surface area contributed by atoms with E-state index in [4.69, 9.17) is 0 Å². The lowest BCUT2D eigenvalue weighted by Gasteiger charge is -2.25. The Hall–Kier alpha value is -2.35. The SMILES string of the molecule is CC(C)(C(=O)Nc1ccc(C(F)(F)F)cc1C1CC1)n1cc2c(n1)CNC2. The lowest BCUT2D eigenvalue weighted by molar-refractivity contribution is -0.137. The van der Waals surface area contributed by atoms with Gasteiger partial charge in [0, 0.05) is 30.5 Å². The zero-order valence-electron chi connectivity index (χ0n) is 15.2. The van der Waals surface area contributed by atoms with Gasteiger partial charge in [0.05, 0.1) is 11.3 Å². The monoisotopic (exact) mass is 378 g/mol. The van der Waals surface area contributed by atoms with Crippen LogP contribution in [0.15, 0.2) is 24.4 Å². The molecule has 1 aromatic heterocycles. The minimum atomic E-state index is -4.39. The zero-order valence-corrected chi connectivity index (χ0v) is 15.2. The largest absolute Gasteiger partial charge is 0.416 e. The summed E-state index contributed by atoms with van der Waals surface area (Å²) in [6.45, 7) is 4.89. The van der Waals surface area contributed by atoms with Gasteiger partial charge < -0.3 is 10.6 Å². The molecular formula is C19H21F3N4O. The number of fused-ring (bicyclic) bond motifs is 1. The molecule has 1 aliphatic carbocycles. The van der Waals surface area contributed by atoms with Crippen molar-refractivity contribution < 1.29 is 18.0 Å². The molecule has 0 unspecified atom stereocenters. The van der Waals surface area contributed by atoms with Crippen molar-refractivity contribution in [3.8, 4) is 0 Å². The summed E-state index contributed by atoms with van der Waals surface area (Å²) in [6, 6.07) is 3.54. The van der Waals surface area contributed by atoms with E-state index in [-0.39, 0.29) is 11.8 Å². The fourth-order valence-corrected chi connectivity index (χ4v) is 3.31. The summed E-state index contributed by atoms with van der Waals surface area (Å²) in [7, 11) is 0. The topological polar surface area (TPSA) is 59.0 Å². The summed E-state index contributed by atoms with van der Waals surface area (Å²) in [5.74, 6) is -0.233. The van der Waals surface area contributed by atoms with E-state index in [9.17, 15) is 18.0 Å². The molecule has 5 nitrogen and oxygen atoms in total. The first-order valence-electron chi connectivity index (χ1n) is 8.97. The standard InChI is InChI=1S/C19H21F3N4O/c1-18(2,26-10-12-8-23-9-16(12)25-26)17(27)24-15-6-5-13(19(20,21)22)7-14(15)11-3-4-11/h5-7,10-11,23H,3-4,8-9H2,1-2H3,(H,24,27). The number of halogens is 3. The number of hydrogen-bond acceptors (Lipinski definition) is 3. The molecule has 2 N–H and O–H groups in total. The predicted octanol–water partition coefficient (Wildman–Crippen LogP) is 3.76. The molecule has 0 bridgehead atoms. The van der Waals surface area contributed by atoms with Gasteiger partial charge >= 0.3 is 6.18 Å². The van der Waals surface area contributed by atoms with Crippen molar-refractivity contribution in [2.45, 2.75) is 57.4 Å². The maximum Gasteiger partial charge on any atom is 0.416 e. The third-order valence-electron chi connectivity index (χ3n) is 5.26. The average molecular weight is 378 g/mol. The van der Waals surface area contributed by atoms with Crippen LogP contribution in [0.3, 0.4) is 0 Å². The van der Waals surface area contributed by atoms with Crippen LogP contribution in [0, 0.1) is 0 Å². The number of alkyl halides is 3. The summed E-state index contributed by atoms with van der Waals surface area (Å²) in [5.41, 5.74) is 1.34. The third-order valence-corrected chi connectivity index (χ3v) is 5.26. The van der Waals surface area contributed by atoms with Crippen molar-refractivity contribution in [2.75, 3.05) is 5.32 Å². The van der Waals surface area contributed by atoms with Gasteiger partial charge in [0.15, 0.2) is 0 Å². The molecule has 4 rings (SSSR count).